The van der Waals surface area contributed by atoms with E-state index >= 15 is 0 Å². The van der Waals surface area contributed by atoms with Gasteiger partial charge >= 0.3 is 0 Å². The summed E-state index contributed by atoms with van der Waals surface area (Å²) in [6.45, 7) is 8.47. The second-order valence-corrected chi connectivity index (χ2v) is 5.26. The summed E-state index contributed by atoms with van der Waals surface area (Å²) in [5.74, 6) is 1.03. The standard InChI is InChI=1S/C12H24N2/c1-10(2)14-7-5-12(6-8-14)13-9-11-3-4-11/h10-13H,3-9H2,1-2H3. The van der Waals surface area contributed by atoms with Crippen molar-refractivity contribution in [1.82, 2.24) is 10.2 Å². The first kappa shape index (κ1) is 10.4. The molecule has 1 N–H and O–H groups in total. The Morgan fingerprint density at radius 1 is 1.14 bits per heavy atom. The summed E-state index contributed by atoms with van der Waals surface area (Å²) in [5.41, 5.74) is 0. The van der Waals surface area contributed by atoms with Gasteiger partial charge in [-0.15, -0.1) is 0 Å². The summed E-state index contributed by atoms with van der Waals surface area (Å²) >= 11 is 0. The van der Waals surface area contributed by atoms with Crippen molar-refractivity contribution in [3.63, 3.8) is 0 Å². The number of likely N-dealkylation sites (tertiary alicyclic amines) is 1. The maximum Gasteiger partial charge on any atom is 0.00915 e. The lowest BCUT2D eigenvalue weighted by molar-refractivity contribution is 0.161. The monoisotopic (exact) mass is 196 g/mol. The molecule has 0 aromatic rings. The fourth-order valence-corrected chi connectivity index (χ4v) is 2.28. The molecular formula is C12H24N2. The van der Waals surface area contributed by atoms with E-state index < -0.39 is 0 Å². The van der Waals surface area contributed by atoms with E-state index in [0.717, 1.165) is 18.0 Å². The fourth-order valence-electron chi connectivity index (χ4n) is 2.28. The molecule has 0 amide bonds. The predicted octanol–water partition coefficient (Wildman–Crippen LogP) is 1.86. The molecule has 0 aromatic carbocycles. The number of nitrogens with zero attached hydrogens (tertiary/aromatic N) is 1. The zero-order valence-electron chi connectivity index (χ0n) is 9.63. The molecule has 2 nitrogen and oxygen atoms in total. The Labute approximate surface area is 88.1 Å². The van der Waals surface area contributed by atoms with Crippen LogP contribution in [0.1, 0.15) is 39.5 Å². The molecule has 0 radical (unpaired) electrons. The van der Waals surface area contributed by atoms with Crippen molar-refractivity contribution < 1.29 is 0 Å². The lowest BCUT2D eigenvalue weighted by atomic mass is 10.0. The molecule has 0 bridgehead atoms. The van der Waals surface area contributed by atoms with Crippen LogP contribution in [0.5, 0.6) is 0 Å². The van der Waals surface area contributed by atoms with Gasteiger partial charge in [0.2, 0.25) is 0 Å². The van der Waals surface area contributed by atoms with Crippen LogP contribution in [0.15, 0.2) is 0 Å². The minimum atomic E-state index is 0.736. The highest BCUT2D eigenvalue weighted by Crippen LogP contribution is 2.28. The smallest absolute Gasteiger partial charge is 0.00915 e. The van der Waals surface area contributed by atoms with Crippen molar-refractivity contribution in [3.05, 3.63) is 0 Å². The van der Waals surface area contributed by atoms with E-state index in [1.54, 1.807) is 0 Å². The fraction of sp³-hybridized carbons (Fsp3) is 1.00. The topological polar surface area (TPSA) is 15.3 Å². The Morgan fingerprint density at radius 3 is 2.29 bits per heavy atom. The van der Waals surface area contributed by atoms with E-state index in [0.29, 0.717) is 0 Å². The van der Waals surface area contributed by atoms with Crippen LogP contribution in [0.3, 0.4) is 0 Å². The predicted molar refractivity (Wildman–Crippen MR) is 60.5 cm³/mol. The number of rotatable bonds is 4. The molecular weight excluding hydrogens is 172 g/mol. The second kappa shape index (κ2) is 4.63. The van der Waals surface area contributed by atoms with E-state index in [1.165, 1.54) is 45.3 Å². The molecule has 0 aromatic heterocycles. The zero-order valence-corrected chi connectivity index (χ0v) is 9.63. The van der Waals surface area contributed by atoms with Crippen LogP contribution in [0.2, 0.25) is 0 Å². The van der Waals surface area contributed by atoms with Gasteiger partial charge in [0.05, 0.1) is 0 Å². The van der Waals surface area contributed by atoms with Crippen LogP contribution in [-0.2, 0) is 0 Å². The summed E-state index contributed by atoms with van der Waals surface area (Å²) in [7, 11) is 0. The molecule has 82 valence electrons. The molecule has 1 heterocycles. The van der Waals surface area contributed by atoms with E-state index in [9.17, 15) is 0 Å². The average Bonchev–Trinajstić information content (AvgIpc) is 2.99. The summed E-state index contributed by atoms with van der Waals surface area (Å²) in [5, 5.41) is 3.72. The summed E-state index contributed by atoms with van der Waals surface area (Å²) < 4.78 is 0. The first-order valence-electron chi connectivity index (χ1n) is 6.23. The van der Waals surface area contributed by atoms with Gasteiger partial charge in [-0.1, -0.05) is 0 Å². The Kier molecular flexibility index (Phi) is 3.45. The van der Waals surface area contributed by atoms with Crippen molar-refractivity contribution in [2.75, 3.05) is 19.6 Å². The van der Waals surface area contributed by atoms with E-state index in [-0.39, 0.29) is 0 Å². The minimum absolute atomic E-state index is 0.736. The molecule has 0 unspecified atom stereocenters. The van der Waals surface area contributed by atoms with Gasteiger partial charge in [0, 0.05) is 12.1 Å². The molecule has 1 saturated heterocycles. The van der Waals surface area contributed by atoms with E-state index in [4.69, 9.17) is 0 Å². The van der Waals surface area contributed by atoms with Crippen molar-refractivity contribution in [3.8, 4) is 0 Å². The summed E-state index contributed by atoms with van der Waals surface area (Å²) in [4.78, 5) is 2.59. The van der Waals surface area contributed by atoms with Gasteiger partial charge in [-0.3, -0.25) is 0 Å². The normalized spacial score (nSPS) is 25.9. The highest BCUT2D eigenvalue weighted by Gasteiger charge is 2.24. The lowest BCUT2D eigenvalue weighted by Gasteiger charge is -2.35. The third-order valence-corrected chi connectivity index (χ3v) is 3.65. The minimum Gasteiger partial charge on any atom is -0.314 e. The molecule has 2 aliphatic rings. The Hall–Kier alpha value is -0.0800. The molecule has 1 aliphatic heterocycles. The second-order valence-electron chi connectivity index (χ2n) is 5.26. The van der Waals surface area contributed by atoms with Gasteiger partial charge in [0.25, 0.3) is 0 Å². The molecule has 0 atom stereocenters. The first-order chi connectivity index (χ1) is 6.75. The Morgan fingerprint density at radius 2 is 1.79 bits per heavy atom. The maximum absolute atomic E-state index is 3.72. The lowest BCUT2D eigenvalue weighted by Crippen LogP contribution is -2.45. The van der Waals surface area contributed by atoms with E-state index in [1.807, 2.05) is 0 Å². The zero-order chi connectivity index (χ0) is 9.97. The molecule has 2 fully saturated rings. The number of piperidine rings is 1. The van der Waals surface area contributed by atoms with Crippen molar-refractivity contribution in [2.24, 2.45) is 5.92 Å². The maximum atomic E-state index is 3.72. The summed E-state index contributed by atoms with van der Waals surface area (Å²) in [6.07, 6.45) is 5.64. The molecule has 1 saturated carbocycles. The average molecular weight is 196 g/mol. The highest BCUT2D eigenvalue weighted by molar-refractivity contribution is 4.82. The SMILES string of the molecule is CC(C)N1CCC(NCC2CC2)CC1. The highest BCUT2D eigenvalue weighted by atomic mass is 15.2. The van der Waals surface area contributed by atoms with Crippen LogP contribution in [0, 0.1) is 5.92 Å². The number of nitrogens with one attached hydrogen (secondary N) is 1. The van der Waals surface area contributed by atoms with Crippen LogP contribution >= 0.6 is 0 Å². The van der Waals surface area contributed by atoms with Crippen molar-refractivity contribution >= 4 is 0 Å². The van der Waals surface area contributed by atoms with Gasteiger partial charge in [-0.2, -0.15) is 0 Å². The van der Waals surface area contributed by atoms with Gasteiger partial charge in [-0.05, 0) is 65.1 Å². The number of hydrogen-bond acceptors (Lipinski definition) is 2. The van der Waals surface area contributed by atoms with Crippen LogP contribution < -0.4 is 5.32 Å². The van der Waals surface area contributed by atoms with Gasteiger partial charge in [0.15, 0.2) is 0 Å². The third kappa shape index (κ3) is 2.96. The quantitative estimate of drug-likeness (QED) is 0.738. The van der Waals surface area contributed by atoms with Crippen molar-refractivity contribution in [1.29, 1.82) is 0 Å². The Balaban J connectivity index is 1.62. The van der Waals surface area contributed by atoms with E-state index in [2.05, 4.69) is 24.1 Å². The molecule has 2 heteroatoms. The Bertz CT molecular complexity index is 167. The largest absolute Gasteiger partial charge is 0.314 e. The molecule has 14 heavy (non-hydrogen) atoms. The van der Waals surface area contributed by atoms with Gasteiger partial charge in [-0.25, -0.2) is 0 Å². The van der Waals surface area contributed by atoms with Crippen LogP contribution in [0.25, 0.3) is 0 Å². The molecule has 2 rings (SSSR count). The molecule has 0 spiro atoms. The van der Waals surface area contributed by atoms with Gasteiger partial charge < -0.3 is 10.2 Å². The van der Waals surface area contributed by atoms with Crippen LogP contribution in [-0.4, -0.2) is 36.6 Å². The first-order valence-corrected chi connectivity index (χ1v) is 6.23. The molecule has 1 aliphatic carbocycles. The summed E-state index contributed by atoms with van der Waals surface area (Å²) in [6, 6.07) is 1.55. The van der Waals surface area contributed by atoms with Gasteiger partial charge in [0.1, 0.15) is 0 Å². The van der Waals surface area contributed by atoms with Crippen molar-refractivity contribution in [2.45, 2.75) is 51.6 Å². The third-order valence-electron chi connectivity index (χ3n) is 3.65. The number of hydrogen-bond donors (Lipinski definition) is 1. The van der Waals surface area contributed by atoms with Crippen LogP contribution in [0.4, 0.5) is 0 Å².